The summed E-state index contributed by atoms with van der Waals surface area (Å²) >= 11 is 0. The van der Waals surface area contributed by atoms with Gasteiger partial charge in [0.1, 0.15) is 5.54 Å². The lowest BCUT2D eigenvalue weighted by Gasteiger charge is -2.26. The van der Waals surface area contributed by atoms with Gasteiger partial charge in [0.15, 0.2) is 0 Å². The van der Waals surface area contributed by atoms with Gasteiger partial charge in [-0.25, -0.2) is 0 Å². The molecule has 2 unspecified atom stereocenters. The van der Waals surface area contributed by atoms with E-state index in [0.717, 1.165) is 5.56 Å². The highest BCUT2D eigenvalue weighted by Crippen LogP contribution is 2.18. The zero-order valence-corrected chi connectivity index (χ0v) is 10.8. The molecule has 1 aromatic rings. The Morgan fingerprint density at radius 2 is 2.11 bits per heavy atom. The Morgan fingerprint density at radius 3 is 2.61 bits per heavy atom. The number of nitrogens with two attached hydrogens (primary N) is 1. The van der Waals surface area contributed by atoms with Crippen molar-refractivity contribution in [2.75, 3.05) is 0 Å². The lowest BCUT2D eigenvalue weighted by molar-refractivity contribution is -0.126. The van der Waals surface area contributed by atoms with Crippen LogP contribution in [0.3, 0.4) is 0 Å². The van der Waals surface area contributed by atoms with Gasteiger partial charge in [-0.2, -0.15) is 5.26 Å². The van der Waals surface area contributed by atoms with Crippen LogP contribution in [0.15, 0.2) is 30.3 Å². The number of nitriles is 1. The molecular weight excluding hydrogens is 226 g/mol. The Labute approximate surface area is 108 Å². The van der Waals surface area contributed by atoms with Crippen molar-refractivity contribution in [3.8, 4) is 6.07 Å². The highest BCUT2D eigenvalue weighted by atomic mass is 16.2. The molecule has 18 heavy (non-hydrogen) atoms. The number of nitrogens with one attached hydrogen (secondary N) is 1. The molecule has 0 aliphatic heterocycles. The van der Waals surface area contributed by atoms with Crippen molar-refractivity contribution in [2.24, 2.45) is 5.73 Å². The first kappa shape index (κ1) is 14.2. The number of hydrogen-bond donors (Lipinski definition) is 2. The summed E-state index contributed by atoms with van der Waals surface area (Å²) in [6.45, 7) is 3.61. The fourth-order valence-corrected chi connectivity index (χ4v) is 1.66. The minimum atomic E-state index is -1.08. The van der Waals surface area contributed by atoms with E-state index >= 15 is 0 Å². The predicted molar refractivity (Wildman–Crippen MR) is 70.4 cm³/mol. The van der Waals surface area contributed by atoms with Gasteiger partial charge in [0.2, 0.25) is 5.91 Å². The summed E-state index contributed by atoms with van der Waals surface area (Å²) < 4.78 is 0. The van der Waals surface area contributed by atoms with Crippen molar-refractivity contribution in [1.29, 1.82) is 5.26 Å². The predicted octanol–water partition coefficient (Wildman–Crippen LogP) is 1.67. The third-order valence-electron chi connectivity index (χ3n) is 3.01. The van der Waals surface area contributed by atoms with Gasteiger partial charge in [-0.3, -0.25) is 4.79 Å². The minimum Gasteiger partial charge on any atom is -0.350 e. The van der Waals surface area contributed by atoms with E-state index < -0.39 is 5.54 Å². The highest BCUT2D eigenvalue weighted by Gasteiger charge is 2.31. The normalized spacial score (nSPS) is 15.2. The molecule has 0 bridgehead atoms. The first-order valence-corrected chi connectivity index (χ1v) is 6.04. The standard InChI is InChI=1S/C14H19N3O/c1-3-12(9-10-15)17-13(18)14(2,16)11-7-5-4-6-8-11/h4-8,12H,3,9,16H2,1-2H3,(H,17,18). The molecule has 0 aliphatic rings. The molecule has 1 rings (SSSR count). The lowest BCUT2D eigenvalue weighted by Crippen LogP contribution is -2.51. The molecule has 96 valence electrons. The Kier molecular flexibility index (Phi) is 4.87. The van der Waals surface area contributed by atoms with Crippen LogP contribution in [-0.2, 0) is 10.3 Å². The molecule has 4 heteroatoms. The van der Waals surface area contributed by atoms with E-state index in [4.69, 9.17) is 11.0 Å². The maximum Gasteiger partial charge on any atom is 0.244 e. The monoisotopic (exact) mass is 245 g/mol. The summed E-state index contributed by atoms with van der Waals surface area (Å²) in [7, 11) is 0. The summed E-state index contributed by atoms with van der Waals surface area (Å²) in [4.78, 5) is 12.2. The number of amides is 1. The van der Waals surface area contributed by atoms with Crippen molar-refractivity contribution >= 4 is 5.91 Å². The van der Waals surface area contributed by atoms with Crippen LogP contribution in [0, 0.1) is 11.3 Å². The summed E-state index contributed by atoms with van der Waals surface area (Å²) in [5.41, 5.74) is 5.77. The number of hydrogen-bond acceptors (Lipinski definition) is 3. The van der Waals surface area contributed by atoms with Crippen LogP contribution in [0.4, 0.5) is 0 Å². The number of carbonyl (C=O) groups is 1. The van der Waals surface area contributed by atoms with Crippen LogP contribution in [0.1, 0.15) is 32.3 Å². The molecule has 1 aromatic carbocycles. The van der Waals surface area contributed by atoms with Gasteiger partial charge in [0, 0.05) is 6.04 Å². The second-order valence-electron chi connectivity index (χ2n) is 4.51. The summed E-state index contributed by atoms with van der Waals surface area (Å²) in [6, 6.07) is 11.1. The second-order valence-corrected chi connectivity index (χ2v) is 4.51. The van der Waals surface area contributed by atoms with Crippen molar-refractivity contribution in [1.82, 2.24) is 5.32 Å². The maximum absolute atomic E-state index is 12.2. The van der Waals surface area contributed by atoms with Gasteiger partial charge in [0.25, 0.3) is 0 Å². The van der Waals surface area contributed by atoms with Gasteiger partial charge in [-0.1, -0.05) is 37.3 Å². The Bertz CT molecular complexity index is 434. The molecule has 0 saturated heterocycles. The van der Waals surface area contributed by atoms with Gasteiger partial charge in [0.05, 0.1) is 12.5 Å². The second kappa shape index (κ2) is 6.18. The van der Waals surface area contributed by atoms with Crippen molar-refractivity contribution < 1.29 is 4.79 Å². The molecule has 0 fully saturated rings. The summed E-state index contributed by atoms with van der Waals surface area (Å²) in [5, 5.41) is 11.5. The largest absolute Gasteiger partial charge is 0.350 e. The van der Waals surface area contributed by atoms with Gasteiger partial charge in [-0.15, -0.1) is 0 Å². The van der Waals surface area contributed by atoms with E-state index in [1.807, 2.05) is 37.3 Å². The molecule has 1 amide bonds. The zero-order chi connectivity index (χ0) is 13.6. The molecule has 0 spiro atoms. The highest BCUT2D eigenvalue weighted by molar-refractivity contribution is 5.87. The van der Waals surface area contributed by atoms with Gasteiger partial charge in [-0.05, 0) is 18.9 Å². The molecule has 0 aromatic heterocycles. The molecule has 2 atom stereocenters. The topological polar surface area (TPSA) is 78.9 Å². The fraction of sp³-hybridized carbons (Fsp3) is 0.429. The average Bonchev–Trinajstić information content (AvgIpc) is 2.39. The number of benzene rings is 1. The van der Waals surface area contributed by atoms with E-state index in [1.54, 1.807) is 6.92 Å². The number of carbonyl (C=O) groups excluding carboxylic acids is 1. The Balaban J connectivity index is 2.80. The third kappa shape index (κ3) is 3.31. The summed E-state index contributed by atoms with van der Waals surface area (Å²) in [5.74, 6) is -0.254. The average molecular weight is 245 g/mol. The molecule has 0 aliphatic carbocycles. The van der Waals surface area contributed by atoms with Crippen LogP contribution < -0.4 is 11.1 Å². The van der Waals surface area contributed by atoms with Crippen molar-refractivity contribution in [3.63, 3.8) is 0 Å². The Hall–Kier alpha value is -1.86. The van der Waals surface area contributed by atoms with E-state index in [2.05, 4.69) is 11.4 Å². The number of rotatable bonds is 5. The van der Waals surface area contributed by atoms with Crippen molar-refractivity contribution in [3.05, 3.63) is 35.9 Å². The van der Waals surface area contributed by atoms with E-state index in [-0.39, 0.29) is 11.9 Å². The van der Waals surface area contributed by atoms with Crippen LogP contribution in [-0.4, -0.2) is 11.9 Å². The zero-order valence-electron chi connectivity index (χ0n) is 10.8. The molecule has 0 heterocycles. The van der Waals surface area contributed by atoms with Gasteiger partial charge < -0.3 is 11.1 Å². The van der Waals surface area contributed by atoms with Crippen LogP contribution in [0.5, 0.6) is 0 Å². The molecule has 3 N–H and O–H groups in total. The lowest BCUT2D eigenvalue weighted by atomic mass is 9.92. The quantitative estimate of drug-likeness (QED) is 0.828. The van der Waals surface area contributed by atoms with E-state index in [1.165, 1.54) is 0 Å². The molecule has 0 radical (unpaired) electrons. The summed E-state index contributed by atoms with van der Waals surface area (Å²) in [6.07, 6.45) is 1.01. The fourth-order valence-electron chi connectivity index (χ4n) is 1.66. The van der Waals surface area contributed by atoms with Crippen molar-refractivity contribution in [2.45, 2.75) is 38.3 Å². The minimum absolute atomic E-state index is 0.144. The Morgan fingerprint density at radius 1 is 1.50 bits per heavy atom. The number of nitrogens with zero attached hydrogens (tertiary/aromatic N) is 1. The van der Waals surface area contributed by atoms with Crippen LogP contribution >= 0.6 is 0 Å². The molecular formula is C14H19N3O. The van der Waals surface area contributed by atoms with E-state index in [9.17, 15) is 4.79 Å². The molecule has 4 nitrogen and oxygen atoms in total. The molecule has 0 saturated carbocycles. The first-order valence-electron chi connectivity index (χ1n) is 6.04. The first-order chi connectivity index (χ1) is 8.52. The van der Waals surface area contributed by atoms with Gasteiger partial charge >= 0.3 is 0 Å². The maximum atomic E-state index is 12.2. The van der Waals surface area contributed by atoms with Crippen LogP contribution in [0.2, 0.25) is 0 Å². The van der Waals surface area contributed by atoms with E-state index in [0.29, 0.717) is 12.8 Å². The third-order valence-corrected chi connectivity index (χ3v) is 3.01. The smallest absolute Gasteiger partial charge is 0.244 e. The van der Waals surface area contributed by atoms with Crippen LogP contribution in [0.25, 0.3) is 0 Å². The SMILES string of the molecule is CCC(CC#N)NC(=O)C(C)(N)c1ccccc1.